The van der Waals surface area contributed by atoms with Gasteiger partial charge in [0.25, 0.3) is 5.91 Å². The predicted molar refractivity (Wildman–Crippen MR) is 97.1 cm³/mol. The number of nitrogens with one attached hydrogen (secondary N) is 1. The van der Waals surface area contributed by atoms with Crippen molar-refractivity contribution < 1.29 is 4.79 Å². The topological polar surface area (TPSA) is 29.1 Å². The maximum absolute atomic E-state index is 12.4. The lowest BCUT2D eigenvalue weighted by Gasteiger charge is -2.13. The minimum atomic E-state index is -0.0559. The highest BCUT2D eigenvalue weighted by atomic mass is 35.5. The van der Waals surface area contributed by atoms with Crippen LogP contribution in [-0.4, -0.2) is 5.91 Å². The van der Waals surface area contributed by atoms with Crippen molar-refractivity contribution in [3.8, 4) is 10.4 Å². The second kappa shape index (κ2) is 6.99. The minimum absolute atomic E-state index is 0.0274. The summed E-state index contributed by atoms with van der Waals surface area (Å²) in [4.78, 5) is 14.1. The molecule has 1 N–H and O–H groups in total. The highest BCUT2D eigenvalue weighted by Crippen LogP contribution is 2.30. The number of hydrogen-bond acceptors (Lipinski definition) is 2. The van der Waals surface area contributed by atoms with Crippen LogP contribution in [-0.2, 0) is 0 Å². The van der Waals surface area contributed by atoms with Crippen molar-refractivity contribution in [3.05, 3.63) is 82.2 Å². The average molecular weight is 342 g/mol. The van der Waals surface area contributed by atoms with Crippen LogP contribution in [0.5, 0.6) is 0 Å². The Morgan fingerprint density at radius 2 is 1.83 bits per heavy atom. The van der Waals surface area contributed by atoms with Gasteiger partial charge in [0.1, 0.15) is 0 Å². The Balaban J connectivity index is 1.74. The van der Waals surface area contributed by atoms with Crippen molar-refractivity contribution in [2.75, 3.05) is 0 Å². The first-order chi connectivity index (χ1) is 11.1. The van der Waals surface area contributed by atoms with Crippen molar-refractivity contribution in [2.24, 2.45) is 0 Å². The van der Waals surface area contributed by atoms with Gasteiger partial charge in [-0.1, -0.05) is 54.1 Å². The zero-order chi connectivity index (χ0) is 16.2. The van der Waals surface area contributed by atoms with Crippen molar-refractivity contribution >= 4 is 28.8 Å². The van der Waals surface area contributed by atoms with E-state index in [9.17, 15) is 4.79 Å². The summed E-state index contributed by atoms with van der Waals surface area (Å²) in [7, 11) is 0. The van der Waals surface area contributed by atoms with Crippen molar-refractivity contribution in [1.29, 1.82) is 0 Å². The Kier molecular flexibility index (Phi) is 4.79. The van der Waals surface area contributed by atoms with Gasteiger partial charge in [0.2, 0.25) is 0 Å². The standard InChI is InChI=1S/C19H16ClNOS/c1-13(14-6-3-2-4-7-14)21-19(22)18-11-10-17(23-18)15-8-5-9-16(20)12-15/h2-13H,1H3,(H,21,22)/t13-/m1/s1. The van der Waals surface area contributed by atoms with Crippen LogP contribution in [0.3, 0.4) is 0 Å². The van der Waals surface area contributed by atoms with Crippen molar-refractivity contribution in [3.63, 3.8) is 0 Å². The lowest BCUT2D eigenvalue weighted by molar-refractivity contribution is 0.0944. The number of halogens is 1. The number of amides is 1. The Morgan fingerprint density at radius 1 is 1.04 bits per heavy atom. The monoisotopic (exact) mass is 341 g/mol. The highest BCUT2D eigenvalue weighted by Gasteiger charge is 2.14. The molecule has 0 radical (unpaired) electrons. The van der Waals surface area contributed by atoms with Crippen LogP contribution < -0.4 is 5.32 Å². The van der Waals surface area contributed by atoms with Crippen molar-refractivity contribution in [1.82, 2.24) is 5.32 Å². The van der Waals surface area contributed by atoms with Gasteiger partial charge < -0.3 is 5.32 Å². The van der Waals surface area contributed by atoms with E-state index in [0.29, 0.717) is 9.90 Å². The third-order valence-electron chi connectivity index (χ3n) is 3.59. The summed E-state index contributed by atoms with van der Waals surface area (Å²) in [6, 6.07) is 21.4. The molecule has 0 bridgehead atoms. The molecule has 0 fully saturated rings. The number of hydrogen-bond donors (Lipinski definition) is 1. The Hall–Kier alpha value is -2.10. The van der Waals surface area contributed by atoms with Crippen LogP contribution in [0.1, 0.15) is 28.2 Å². The molecule has 0 spiro atoms. The molecule has 3 aromatic rings. The predicted octanol–water partition coefficient (Wildman–Crippen LogP) is 5.56. The summed E-state index contributed by atoms with van der Waals surface area (Å²) < 4.78 is 0. The molecular weight excluding hydrogens is 326 g/mol. The fourth-order valence-corrected chi connectivity index (χ4v) is 3.45. The van der Waals surface area contributed by atoms with Gasteiger partial charge >= 0.3 is 0 Å². The second-order valence-electron chi connectivity index (χ2n) is 5.28. The molecule has 1 aromatic heterocycles. The molecule has 1 atom stereocenters. The number of rotatable bonds is 4. The zero-order valence-electron chi connectivity index (χ0n) is 12.6. The summed E-state index contributed by atoms with van der Waals surface area (Å²) in [5, 5.41) is 3.73. The Bertz CT molecular complexity index is 813. The summed E-state index contributed by atoms with van der Waals surface area (Å²) in [6.07, 6.45) is 0. The largest absolute Gasteiger partial charge is 0.345 e. The number of thiophene rings is 1. The molecule has 0 saturated heterocycles. The van der Waals surface area contributed by atoms with Gasteiger partial charge in [-0.15, -0.1) is 11.3 Å². The van der Waals surface area contributed by atoms with Crippen molar-refractivity contribution in [2.45, 2.75) is 13.0 Å². The molecule has 4 heteroatoms. The van der Waals surface area contributed by atoms with Crippen LogP contribution in [0.4, 0.5) is 0 Å². The van der Waals surface area contributed by atoms with E-state index >= 15 is 0 Å². The first-order valence-electron chi connectivity index (χ1n) is 7.35. The molecule has 0 aliphatic carbocycles. The van der Waals surface area contributed by atoms with Gasteiger partial charge in [-0.25, -0.2) is 0 Å². The smallest absolute Gasteiger partial charge is 0.261 e. The lowest BCUT2D eigenvalue weighted by atomic mass is 10.1. The maximum atomic E-state index is 12.4. The molecule has 3 rings (SSSR count). The molecule has 0 aliphatic rings. The van der Waals surface area contributed by atoms with Gasteiger partial charge in [0.15, 0.2) is 0 Å². The first kappa shape index (κ1) is 15.8. The summed E-state index contributed by atoms with van der Waals surface area (Å²) in [6.45, 7) is 1.98. The van der Waals surface area contributed by atoms with Crippen LogP contribution in [0.2, 0.25) is 5.02 Å². The third-order valence-corrected chi connectivity index (χ3v) is 4.95. The number of carbonyl (C=O) groups excluding carboxylic acids is 1. The lowest BCUT2D eigenvalue weighted by Crippen LogP contribution is -2.25. The van der Waals surface area contributed by atoms with Crippen LogP contribution >= 0.6 is 22.9 Å². The van der Waals surface area contributed by atoms with Crippen LogP contribution in [0, 0.1) is 0 Å². The Labute approximate surface area is 144 Å². The molecule has 2 nitrogen and oxygen atoms in total. The summed E-state index contributed by atoms with van der Waals surface area (Å²) in [5.41, 5.74) is 2.12. The normalized spacial score (nSPS) is 11.9. The summed E-state index contributed by atoms with van der Waals surface area (Å²) >= 11 is 7.50. The second-order valence-corrected chi connectivity index (χ2v) is 6.80. The molecular formula is C19H16ClNOS. The molecule has 1 amide bonds. The van der Waals surface area contributed by atoms with Crippen LogP contribution in [0.25, 0.3) is 10.4 Å². The maximum Gasteiger partial charge on any atom is 0.261 e. The van der Waals surface area contributed by atoms with E-state index in [1.54, 1.807) is 0 Å². The van der Waals surface area contributed by atoms with Gasteiger partial charge in [0.05, 0.1) is 10.9 Å². The molecule has 1 heterocycles. The Morgan fingerprint density at radius 3 is 2.57 bits per heavy atom. The average Bonchev–Trinajstić information content (AvgIpc) is 3.06. The van der Waals surface area contributed by atoms with Crippen LogP contribution in [0.15, 0.2) is 66.7 Å². The molecule has 0 unspecified atom stereocenters. The molecule has 0 aliphatic heterocycles. The minimum Gasteiger partial charge on any atom is -0.345 e. The quantitative estimate of drug-likeness (QED) is 0.661. The van der Waals surface area contributed by atoms with Gasteiger partial charge in [-0.05, 0) is 42.3 Å². The number of carbonyl (C=O) groups is 1. The molecule has 23 heavy (non-hydrogen) atoms. The van der Waals surface area contributed by atoms with E-state index < -0.39 is 0 Å². The summed E-state index contributed by atoms with van der Waals surface area (Å²) in [5.74, 6) is -0.0559. The van der Waals surface area contributed by atoms with E-state index in [2.05, 4.69) is 5.32 Å². The fourth-order valence-electron chi connectivity index (χ4n) is 2.35. The molecule has 116 valence electrons. The van der Waals surface area contributed by atoms with E-state index in [1.165, 1.54) is 11.3 Å². The highest BCUT2D eigenvalue weighted by molar-refractivity contribution is 7.17. The zero-order valence-corrected chi connectivity index (χ0v) is 14.2. The molecule has 2 aromatic carbocycles. The molecule has 0 saturated carbocycles. The van der Waals surface area contributed by atoms with Gasteiger partial charge in [-0.2, -0.15) is 0 Å². The SMILES string of the molecule is C[C@@H](NC(=O)c1ccc(-c2cccc(Cl)c2)s1)c1ccccc1. The third kappa shape index (κ3) is 3.81. The number of benzene rings is 2. The van der Waals surface area contributed by atoms with E-state index in [4.69, 9.17) is 11.6 Å². The van der Waals surface area contributed by atoms with E-state index in [-0.39, 0.29) is 11.9 Å². The van der Waals surface area contributed by atoms with Gasteiger partial charge in [-0.3, -0.25) is 4.79 Å². The first-order valence-corrected chi connectivity index (χ1v) is 8.54. The van der Waals surface area contributed by atoms with Gasteiger partial charge in [0, 0.05) is 9.90 Å². The van der Waals surface area contributed by atoms with E-state index in [1.807, 2.05) is 73.7 Å². The van der Waals surface area contributed by atoms with E-state index in [0.717, 1.165) is 16.0 Å². The fraction of sp³-hybridized carbons (Fsp3) is 0.105.